The number of nitrogens with zero attached hydrogens (tertiary/aromatic N) is 3. The van der Waals surface area contributed by atoms with Gasteiger partial charge in [-0.05, 0) is 131 Å². The minimum Gasteiger partial charge on any atom is -0.466 e. The van der Waals surface area contributed by atoms with E-state index in [0.717, 1.165) is 136 Å². The van der Waals surface area contributed by atoms with Gasteiger partial charge in [-0.3, -0.25) is 19.2 Å². The van der Waals surface area contributed by atoms with Gasteiger partial charge in [0, 0.05) is 37.0 Å². The lowest BCUT2D eigenvalue weighted by Crippen LogP contribution is -2.63. The number of quaternary nitrogens is 3. The highest BCUT2D eigenvalue weighted by Gasteiger charge is 2.68. The van der Waals surface area contributed by atoms with Gasteiger partial charge in [-0.25, -0.2) is 0 Å². The van der Waals surface area contributed by atoms with Crippen LogP contribution < -0.4 is 0 Å². The van der Waals surface area contributed by atoms with Crippen molar-refractivity contribution in [3.63, 3.8) is 0 Å². The number of rotatable bonds is 33. The Bertz CT molecular complexity index is 1620. The zero-order valence-corrected chi connectivity index (χ0v) is 48.4. The molecule has 0 heterocycles. The number of ether oxygens (including phenoxy) is 4. The molecule has 0 bridgehead atoms. The molecule has 4 aliphatic carbocycles. The summed E-state index contributed by atoms with van der Waals surface area (Å²) in [6.45, 7) is 13.0. The van der Waals surface area contributed by atoms with E-state index in [0.29, 0.717) is 32.3 Å². The fourth-order valence-corrected chi connectivity index (χ4v) is 14.1. The second-order valence-electron chi connectivity index (χ2n) is 27.2. The summed E-state index contributed by atoms with van der Waals surface area (Å²) < 4.78 is 28.4. The van der Waals surface area contributed by atoms with Gasteiger partial charge in [0.25, 0.3) is 0 Å². The van der Waals surface area contributed by atoms with Crippen molar-refractivity contribution in [3.05, 3.63) is 0 Å². The molecular weight excluding hydrogens is 891 g/mol. The average Bonchev–Trinajstić information content (AvgIpc) is 3.64. The standard InChI is InChI=1S/C60H112N3O8/c1-14-15-16-17-18-19-20-21-22-29-42-68-54(64)36-33-46(2)49-34-35-50-58-51(45-53(60(49,50)4)71-57(67)32-25-28-41-63(11,12)13)59(3)38-37-48(69-55(65)30-23-26-39-61(5,6)7)43-47(59)44-52(58)70-56(66)31-24-27-40-62(8,9)10/h46-53,58H,14-45H2,1-13H3/q+3/t46-,47+,48-,49-,50+,51+,52-,53+,58+,59+,60-/m1/s1. The smallest absolute Gasteiger partial charge is 0.306 e. The molecule has 71 heavy (non-hydrogen) atoms. The van der Waals surface area contributed by atoms with Crippen LogP contribution in [0.4, 0.5) is 0 Å². The molecule has 4 saturated carbocycles. The van der Waals surface area contributed by atoms with Crippen molar-refractivity contribution < 1.29 is 51.6 Å². The molecule has 0 amide bonds. The molecule has 4 rings (SSSR count). The van der Waals surface area contributed by atoms with Crippen LogP contribution in [-0.4, -0.2) is 145 Å². The van der Waals surface area contributed by atoms with E-state index in [2.05, 4.69) is 91.1 Å². The zero-order chi connectivity index (χ0) is 52.5. The van der Waals surface area contributed by atoms with Crippen LogP contribution in [-0.2, 0) is 38.1 Å². The molecule has 0 aromatic carbocycles. The van der Waals surface area contributed by atoms with Gasteiger partial charge in [0.15, 0.2) is 0 Å². The lowest BCUT2D eigenvalue weighted by Gasteiger charge is -2.64. The highest BCUT2D eigenvalue weighted by Crippen LogP contribution is 2.69. The van der Waals surface area contributed by atoms with E-state index in [-0.39, 0.29) is 88.5 Å². The first-order valence-corrected chi connectivity index (χ1v) is 29.5. The van der Waals surface area contributed by atoms with Crippen molar-refractivity contribution in [1.82, 2.24) is 0 Å². The molecule has 0 spiro atoms. The summed E-state index contributed by atoms with van der Waals surface area (Å²) in [6.07, 6.45) is 25.6. The van der Waals surface area contributed by atoms with E-state index in [9.17, 15) is 19.2 Å². The summed E-state index contributed by atoms with van der Waals surface area (Å²) >= 11 is 0. The summed E-state index contributed by atoms with van der Waals surface area (Å²) in [5, 5.41) is 0. The average molecular weight is 1000 g/mol. The van der Waals surface area contributed by atoms with Crippen LogP contribution >= 0.6 is 0 Å². The van der Waals surface area contributed by atoms with E-state index >= 15 is 0 Å². The lowest BCUT2D eigenvalue weighted by atomic mass is 9.43. The second kappa shape index (κ2) is 28.6. The Morgan fingerprint density at radius 2 is 1.04 bits per heavy atom. The van der Waals surface area contributed by atoms with Gasteiger partial charge < -0.3 is 32.4 Å². The molecule has 11 nitrogen and oxygen atoms in total. The van der Waals surface area contributed by atoms with Gasteiger partial charge in [0.2, 0.25) is 0 Å². The molecule has 0 N–H and O–H groups in total. The van der Waals surface area contributed by atoms with Crippen molar-refractivity contribution in [2.75, 3.05) is 89.7 Å². The van der Waals surface area contributed by atoms with Gasteiger partial charge in [0.05, 0.1) is 89.7 Å². The summed E-state index contributed by atoms with van der Waals surface area (Å²) in [7, 11) is 19.7. The van der Waals surface area contributed by atoms with Crippen molar-refractivity contribution in [1.29, 1.82) is 0 Å². The molecule has 0 unspecified atom stereocenters. The monoisotopic (exact) mass is 1000 g/mol. The predicted molar refractivity (Wildman–Crippen MR) is 287 cm³/mol. The first-order chi connectivity index (χ1) is 33.4. The molecule has 11 atom stereocenters. The van der Waals surface area contributed by atoms with Crippen molar-refractivity contribution in [2.45, 2.75) is 226 Å². The van der Waals surface area contributed by atoms with Crippen LogP contribution in [0.15, 0.2) is 0 Å². The Balaban J connectivity index is 1.52. The second-order valence-corrected chi connectivity index (χ2v) is 27.2. The SMILES string of the molecule is CCCCCCCCCCCCOC(=O)CC[C@@H](C)[C@H]1CC[C@H]2[C@@H]3[C@H](OC(=O)CCCC[N+](C)(C)C)C[C@@H]4C[C@H](OC(=O)CCCC[N+](C)(C)C)CC[C@]4(C)[C@H]3C[C@H](OC(=O)CCCC[N+](C)(C)C)[C@]12C. The third-order valence-electron chi connectivity index (χ3n) is 18.2. The fourth-order valence-electron chi connectivity index (χ4n) is 14.1. The largest absolute Gasteiger partial charge is 0.466 e. The number of hydrogen-bond acceptors (Lipinski definition) is 8. The molecule has 4 aliphatic rings. The number of fused-ring (bicyclic) bond motifs is 5. The number of esters is 4. The number of carbonyl (C=O) groups excluding carboxylic acids is 4. The summed E-state index contributed by atoms with van der Waals surface area (Å²) in [4.78, 5) is 54.6. The number of hydrogen-bond donors (Lipinski definition) is 0. The maximum absolute atomic E-state index is 14.1. The minimum atomic E-state index is -0.338. The van der Waals surface area contributed by atoms with Crippen LogP contribution in [0, 0.1) is 46.3 Å². The summed E-state index contributed by atoms with van der Waals surface area (Å²) in [5.41, 5.74) is -0.417. The zero-order valence-electron chi connectivity index (χ0n) is 48.4. The number of unbranched alkanes of at least 4 members (excludes halogenated alkanes) is 12. The van der Waals surface area contributed by atoms with Gasteiger partial charge in [-0.1, -0.05) is 85.5 Å². The molecule has 412 valence electrons. The lowest BCUT2D eigenvalue weighted by molar-refractivity contribution is -0.870. The molecule has 0 aromatic heterocycles. The van der Waals surface area contributed by atoms with Crippen LogP contribution in [0.25, 0.3) is 0 Å². The molecular formula is C60H112N3O8+3. The molecule has 4 fully saturated rings. The van der Waals surface area contributed by atoms with Crippen molar-refractivity contribution >= 4 is 23.9 Å². The molecule has 0 saturated heterocycles. The Labute approximate surface area is 435 Å². The van der Waals surface area contributed by atoms with E-state index in [1.165, 1.54) is 51.4 Å². The maximum Gasteiger partial charge on any atom is 0.306 e. The van der Waals surface area contributed by atoms with E-state index in [1.807, 2.05) is 0 Å². The van der Waals surface area contributed by atoms with E-state index in [1.54, 1.807) is 0 Å². The van der Waals surface area contributed by atoms with Crippen LogP contribution in [0.2, 0.25) is 0 Å². The minimum absolute atomic E-state index is 0.0793. The van der Waals surface area contributed by atoms with Crippen molar-refractivity contribution in [2.24, 2.45) is 46.3 Å². The Morgan fingerprint density at radius 1 is 0.535 bits per heavy atom. The predicted octanol–water partition coefficient (Wildman–Crippen LogP) is 12.1. The normalized spacial score (nSPS) is 29.1. The summed E-state index contributed by atoms with van der Waals surface area (Å²) in [6, 6.07) is 0. The third-order valence-corrected chi connectivity index (χ3v) is 18.2. The Kier molecular flexibility index (Phi) is 24.7. The van der Waals surface area contributed by atoms with Gasteiger partial charge in [-0.2, -0.15) is 0 Å². The van der Waals surface area contributed by atoms with E-state index < -0.39 is 0 Å². The van der Waals surface area contributed by atoms with Gasteiger partial charge in [-0.15, -0.1) is 0 Å². The maximum atomic E-state index is 14.1. The fraction of sp³-hybridized carbons (Fsp3) is 0.933. The highest BCUT2D eigenvalue weighted by molar-refractivity contribution is 5.70. The Morgan fingerprint density at radius 3 is 1.58 bits per heavy atom. The third kappa shape index (κ3) is 20.1. The van der Waals surface area contributed by atoms with Gasteiger partial charge >= 0.3 is 23.9 Å². The molecule has 11 heteroatoms. The first kappa shape index (κ1) is 61.3. The van der Waals surface area contributed by atoms with E-state index in [4.69, 9.17) is 18.9 Å². The quantitative estimate of drug-likeness (QED) is 0.0277. The van der Waals surface area contributed by atoms with Gasteiger partial charge in [0.1, 0.15) is 18.3 Å². The summed E-state index contributed by atoms with van der Waals surface area (Å²) in [5.74, 6) is 0.803. The Hall–Kier alpha value is -2.24. The van der Waals surface area contributed by atoms with Crippen LogP contribution in [0.5, 0.6) is 0 Å². The topological polar surface area (TPSA) is 105 Å². The van der Waals surface area contributed by atoms with Crippen molar-refractivity contribution in [3.8, 4) is 0 Å². The number of carbonyl (C=O) groups is 4. The van der Waals surface area contributed by atoms with Crippen LogP contribution in [0.3, 0.4) is 0 Å². The molecule has 0 radical (unpaired) electrons. The highest BCUT2D eigenvalue weighted by atomic mass is 16.6. The molecule has 0 aliphatic heterocycles. The first-order valence-electron chi connectivity index (χ1n) is 29.5. The molecule has 0 aromatic rings. The van der Waals surface area contributed by atoms with Crippen LogP contribution in [0.1, 0.15) is 207 Å².